The molecule has 0 N–H and O–H groups in total. The van der Waals surface area contributed by atoms with Gasteiger partial charge in [0.15, 0.2) is 0 Å². The van der Waals surface area contributed by atoms with Gasteiger partial charge >= 0.3 is 6.18 Å². The third-order valence-corrected chi connectivity index (χ3v) is 5.19. The molecule has 0 radical (unpaired) electrons. The van der Waals surface area contributed by atoms with Crippen LogP contribution in [0.25, 0.3) is 5.03 Å². The molecule has 0 unspecified atom stereocenters. The molecule has 0 amide bonds. The summed E-state index contributed by atoms with van der Waals surface area (Å²) in [5.41, 5.74) is 1.05. The van der Waals surface area contributed by atoms with Crippen LogP contribution in [-0.4, -0.2) is 12.0 Å². The molecule has 7 heteroatoms. The van der Waals surface area contributed by atoms with Gasteiger partial charge in [0.1, 0.15) is 0 Å². The Morgan fingerprint density at radius 2 is 1.88 bits per heavy atom. The molecule has 0 spiro atoms. The smallest absolute Gasteiger partial charge is 0.257 e. The van der Waals surface area contributed by atoms with Crippen LogP contribution in [0.5, 0.6) is 0 Å². The van der Waals surface area contributed by atoms with Gasteiger partial charge in [0.2, 0.25) is 0 Å². The van der Waals surface area contributed by atoms with Crippen LogP contribution in [-0.2, 0) is 6.18 Å². The van der Waals surface area contributed by atoms with Crippen LogP contribution in [0, 0.1) is 0 Å². The van der Waals surface area contributed by atoms with Gasteiger partial charge in [0.25, 0.3) is 0 Å². The normalized spacial score (nSPS) is 15.0. The number of halogens is 5. The molecule has 0 saturated heterocycles. The van der Waals surface area contributed by atoms with Crippen molar-refractivity contribution < 1.29 is 13.2 Å². The summed E-state index contributed by atoms with van der Waals surface area (Å²) >= 11 is 14.0. The molecule has 24 heavy (non-hydrogen) atoms. The highest BCUT2D eigenvalue weighted by molar-refractivity contribution is 7.99. The minimum absolute atomic E-state index is 0.226. The zero-order valence-corrected chi connectivity index (χ0v) is 14.4. The second-order valence-corrected chi connectivity index (χ2v) is 6.91. The van der Waals surface area contributed by atoms with Crippen LogP contribution in [0.3, 0.4) is 0 Å². The molecule has 1 aliphatic rings. The van der Waals surface area contributed by atoms with Crippen LogP contribution in [0.1, 0.15) is 11.1 Å². The lowest BCUT2D eigenvalue weighted by molar-refractivity contribution is -0.137. The van der Waals surface area contributed by atoms with Crippen molar-refractivity contribution in [2.75, 3.05) is 5.75 Å². The second kappa shape index (κ2) is 6.82. The van der Waals surface area contributed by atoms with E-state index in [1.807, 2.05) is 6.07 Å². The molecule has 0 fully saturated rings. The molecule has 1 aliphatic heterocycles. The fourth-order valence-corrected chi connectivity index (χ4v) is 3.79. The topological polar surface area (TPSA) is 12.4 Å². The zero-order chi connectivity index (χ0) is 17.3. The van der Waals surface area contributed by atoms with Crippen LogP contribution >= 0.6 is 35.0 Å². The molecule has 0 saturated carbocycles. The zero-order valence-electron chi connectivity index (χ0n) is 12.1. The van der Waals surface area contributed by atoms with Crippen molar-refractivity contribution in [2.24, 2.45) is 4.99 Å². The maximum atomic E-state index is 12.7. The Kier molecular flexibility index (Phi) is 4.95. The molecule has 2 aromatic rings. The van der Waals surface area contributed by atoms with E-state index in [1.54, 1.807) is 23.9 Å². The number of benzene rings is 2. The number of aliphatic imine (C=N–C) groups is 1. The van der Waals surface area contributed by atoms with Gasteiger partial charge < -0.3 is 0 Å². The maximum absolute atomic E-state index is 12.7. The average molecular weight is 388 g/mol. The summed E-state index contributed by atoms with van der Waals surface area (Å²) in [5.74, 6) is 0.593. The van der Waals surface area contributed by atoms with E-state index in [0.29, 0.717) is 15.8 Å². The van der Waals surface area contributed by atoms with Gasteiger partial charge in [-0.05, 0) is 42.0 Å². The van der Waals surface area contributed by atoms with Crippen molar-refractivity contribution >= 4 is 51.9 Å². The average Bonchev–Trinajstić information content (AvgIpc) is 2.54. The lowest BCUT2D eigenvalue weighted by atomic mass is 10.1. The Bertz CT molecular complexity index is 844. The lowest BCUT2D eigenvalue weighted by Gasteiger charge is -2.17. The van der Waals surface area contributed by atoms with Crippen LogP contribution < -0.4 is 0 Å². The largest absolute Gasteiger partial charge is 0.416 e. The molecule has 0 aromatic heterocycles. The highest BCUT2D eigenvalue weighted by atomic mass is 35.5. The van der Waals surface area contributed by atoms with Crippen molar-refractivity contribution in [3.8, 4) is 0 Å². The fourth-order valence-electron chi connectivity index (χ4n) is 2.20. The molecule has 0 bridgehead atoms. The summed E-state index contributed by atoms with van der Waals surface area (Å²) in [7, 11) is 0. The van der Waals surface area contributed by atoms with E-state index in [4.69, 9.17) is 23.2 Å². The summed E-state index contributed by atoms with van der Waals surface area (Å²) in [5, 5.41) is 1.09. The molecule has 2 aromatic carbocycles. The highest BCUT2D eigenvalue weighted by Crippen LogP contribution is 2.40. The van der Waals surface area contributed by atoms with Crippen LogP contribution in [0.2, 0.25) is 5.02 Å². The van der Waals surface area contributed by atoms with E-state index in [9.17, 15) is 13.2 Å². The minimum Gasteiger partial charge on any atom is -0.257 e. The number of rotatable bonds is 2. The van der Waals surface area contributed by atoms with Crippen LogP contribution in [0.4, 0.5) is 18.9 Å². The van der Waals surface area contributed by atoms with Gasteiger partial charge in [-0.25, -0.2) is 0 Å². The molecule has 1 nitrogen and oxygen atoms in total. The van der Waals surface area contributed by atoms with Gasteiger partial charge in [-0.1, -0.05) is 29.3 Å². The number of hydrogen-bond acceptors (Lipinski definition) is 2. The summed E-state index contributed by atoms with van der Waals surface area (Å²) in [4.78, 5) is 5.15. The maximum Gasteiger partial charge on any atom is 0.416 e. The second-order valence-electron chi connectivity index (χ2n) is 5.07. The SMILES string of the molecule is FC(F)(F)c1cccc(N=CC2=C(Cl)c3cc(Cl)ccc3SC2)c1. The van der Waals surface area contributed by atoms with Crippen LogP contribution in [0.15, 0.2) is 57.9 Å². The molecular weight excluding hydrogens is 378 g/mol. The first-order valence-corrected chi connectivity index (χ1v) is 8.61. The molecule has 0 aliphatic carbocycles. The van der Waals surface area contributed by atoms with E-state index < -0.39 is 11.7 Å². The lowest BCUT2D eigenvalue weighted by Crippen LogP contribution is -2.04. The predicted octanol–water partition coefficient (Wildman–Crippen LogP) is 6.82. The number of nitrogens with zero attached hydrogens (tertiary/aromatic N) is 1. The van der Waals surface area contributed by atoms with Crippen molar-refractivity contribution in [3.63, 3.8) is 0 Å². The quantitative estimate of drug-likeness (QED) is 0.515. The first-order chi connectivity index (χ1) is 11.3. The van der Waals surface area contributed by atoms with Gasteiger partial charge in [-0.3, -0.25) is 4.99 Å². The summed E-state index contributed by atoms with van der Waals surface area (Å²) in [6, 6.07) is 10.3. The number of hydrogen-bond donors (Lipinski definition) is 0. The van der Waals surface area contributed by atoms with E-state index in [1.165, 1.54) is 18.3 Å². The van der Waals surface area contributed by atoms with Crippen molar-refractivity contribution in [2.45, 2.75) is 11.1 Å². The predicted molar refractivity (Wildman–Crippen MR) is 94.5 cm³/mol. The third-order valence-electron chi connectivity index (χ3n) is 3.39. The van der Waals surface area contributed by atoms with Crippen molar-refractivity contribution in [1.29, 1.82) is 0 Å². The molecule has 3 rings (SSSR count). The molecule has 0 atom stereocenters. The minimum atomic E-state index is -4.39. The number of alkyl halides is 3. The molecule has 1 heterocycles. The van der Waals surface area contributed by atoms with Gasteiger partial charge in [0, 0.05) is 27.4 Å². The number of fused-ring (bicyclic) bond motifs is 1. The molecule has 124 valence electrons. The summed E-state index contributed by atoms with van der Waals surface area (Å²) < 4.78 is 38.2. The van der Waals surface area contributed by atoms with E-state index in [0.717, 1.165) is 28.2 Å². The monoisotopic (exact) mass is 387 g/mol. The van der Waals surface area contributed by atoms with Gasteiger partial charge in [0.05, 0.1) is 16.3 Å². The Hall–Kier alpha value is -1.43. The summed E-state index contributed by atoms with van der Waals surface area (Å²) in [6.45, 7) is 0. The van der Waals surface area contributed by atoms with Gasteiger partial charge in [-0.15, -0.1) is 11.8 Å². The van der Waals surface area contributed by atoms with Crippen molar-refractivity contribution in [1.82, 2.24) is 0 Å². The first-order valence-electron chi connectivity index (χ1n) is 6.87. The molecular formula is C17H10Cl2F3NS. The van der Waals surface area contributed by atoms with E-state index in [-0.39, 0.29) is 5.69 Å². The standard InChI is InChI=1S/C17H10Cl2F3NS/c18-12-4-5-15-14(7-12)16(19)10(9-24-15)8-23-13-3-1-2-11(6-13)17(20,21)22/h1-8H,9H2. The summed E-state index contributed by atoms with van der Waals surface area (Å²) in [6.07, 6.45) is -2.88. The first kappa shape index (κ1) is 17.4. The fraction of sp³-hybridized carbons (Fsp3) is 0.118. The Balaban J connectivity index is 1.91. The highest BCUT2D eigenvalue weighted by Gasteiger charge is 2.30. The number of thioether (sulfide) groups is 1. The van der Waals surface area contributed by atoms with Gasteiger partial charge in [-0.2, -0.15) is 13.2 Å². The Labute approximate surface area is 151 Å². The van der Waals surface area contributed by atoms with E-state index >= 15 is 0 Å². The Morgan fingerprint density at radius 3 is 2.62 bits per heavy atom. The third kappa shape index (κ3) is 3.79. The van der Waals surface area contributed by atoms with Crippen molar-refractivity contribution in [3.05, 3.63) is 64.2 Å². The Morgan fingerprint density at radius 1 is 1.08 bits per heavy atom. The van der Waals surface area contributed by atoms with E-state index in [2.05, 4.69) is 4.99 Å².